The number of likely N-dealkylation sites (tertiary alicyclic amines) is 1. The molecule has 0 bridgehead atoms. The van der Waals surface area contributed by atoms with E-state index in [1.807, 2.05) is 18.2 Å². The fourth-order valence-corrected chi connectivity index (χ4v) is 5.06. The lowest BCUT2D eigenvalue weighted by molar-refractivity contribution is -0.123. The molecule has 0 radical (unpaired) electrons. The van der Waals surface area contributed by atoms with Gasteiger partial charge in [0, 0.05) is 24.7 Å². The number of hydrogen-bond acceptors (Lipinski definition) is 3. The van der Waals surface area contributed by atoms with Gasteiger partial charge in [-0.15, -0.1) is 0 Å². The standard InChI is InChI=1S/C25H31F2N3O/c26-21-9-5-8-20(24(21)27)17-30-14-11-19(12-15-30)25(22-10-3-4-13-28-22)29-23(31)16-18-6-1-2-7-18/h3-5,8-10,13,18-19,25H,1-2,6-7,11-12,14-17H2,(H,29,31)/t25-/m1/s1. The third kappa shape index (κ3) is 5.67. The number of halogens is 2. The monoisotopic (exact) mass is 427 g/mol. The maximum absolute atomic E-state index is 14.0. The lowest BCUT2D eigenvalue weighted by Gasteiger charge is -2.36. The van der Waals surface area contributed by atoms with Crippen molar-refractivity contribution in [2.45, 2.75) is 57.5 Å². The Labute approximate surface area is 183 Å². The highest BCUT2D eigenvalue weighted by Gasteiger charge is 2.31. The summed E-state index contributed by atoms with van der Waals surface area (Å²) in [6, 6.07) is 10.1. The molecule has 1 N–H and O–H groups in total. The highest BCUT2D eigenvalue weighted by Crippen LogP contribution is 2.32. The van der Waals surface area contributed by atoms with Gasteiger partial charge in [0.1, 0.15) is 0 Å². The zero-order chi connectivity index (χ0) is 21.6. The Morgan fingerprint density at radius 1 is 1.06 bits per heavy atom. The molecule has 1 aromatic carbocycles. The number of piperidine rings is 1. The Balaban J connectivity index is 1.38. The number of pyridine rings is 1. The lowest BCUT2D eigenvalue weighted by atomic mass is 9.86. The van der Waals surface area contributed by atoms with Gasteiger partial charge >= 0.3 is 0 Å². The summed E-state index contributed by atoms with van der Waals surface area (Å²) in [6.45, 7) is 1.96. The van der Waals surface area contributed by atoms with Crippen molar-refractivity contribution in [3.05, 3.63) is 65.5 Å². The molecule has 2 aromatic rings. The first-order chi connectivity index (χ1) is 15.1. The molecule has 31 heavy (non-hydrogen) atoms. The van der Waals surface area contributed by atoms with Gasteiger partial charge < -0.3 is 5.32 Å². The number of aromatic nitrogens is 1. The van der Waals surface area contributed by atoms with Crippen LogP contribution in [0, 0.1) is 23.5 Å². The van der Waals surface area contributed by atoms with Crippen LogP contribution in [0.4, 0.5) is 8.78 Å². The van der Waals surface area contributed by atoms with E-state index in [-0.39, 0.29) is 17.9 Å². The van der Waals surface area contributed by atoms with Gasteiger partial charge in [0.2, 0.25) is 5.91 Å². The van der Waals surface area contributed by atoms with Crippen LogP contribution in [0.1, 0.15) is 62.2 Å². The zero-order valence-electron chi connectivity index (χ0n) is 17.9. The zero-order valence-corrected chi connectivity index (χ0v) is 17.9. The average molecular weight is 428 g/mol. The second kappa shape index (κ2) is 10.3. The molecule has 1 atom stereocenters. The first kappa shape index (κ1) is 21.9. The van der Waals surface area contributed by atoms with Crippen molar-refractivity contribution < 1.29 is 13.6 Å². The highest BCUT2D eigenvalue weighted by molar-refractivity contribution is 5.76. The average Bonchev–Trinajstić information content (AvgIpc) is 3.29. The molecular weight excluding hydrogens is 396 g/mol. The smallest absolute Gasteiger partial charge is 0.220 e. The molecule has 1 aliphatic heterocycles. The molecule has 4 rings (SSSR count). The van der Waals surface area contributed by atoms with E-state index >= 15 is 0 Å². The second-order valence-corrected chi connectivity index (χ2v) is 8.98. The second-order valence-electron chi connectivity index (χ2n) is 8.98. The molecule has 6 heteroatoms. The first-order valence-electron chi connectivity index (χ1n) is 11.5. The number of nitrogens with one attached hydrogen (secondary N) is 1. The number of nitrogens with zero attached hydrogens (tertiary/aromatic N) is 2. The fraction of sp³-hybridized carbons (Fsp3) is 0.520. The molecule has 2 fully saturated rings. The van der Waals surface area contributed by atoms with Crippen molar-refractivity contribution in [3.8, 4) is 0 Å². The van der Waals surface area contributed by atoms with Crippen molar-refractivity contribution >= 4 is 5.91 Å². The summed E-state index contributed by atoms with van der Waals surface area (Å²) in [5, 5.41) is 3.28. The highest BCUT2D eigenvalue weighted by atomic mass is 19.2. The van der Waals surface area contributed by atoms with Gasteiger partial charge in [0.25, 0.3) is 0 Å². The van der Waals surface area contributed by atoms with Crippen LogP contribution in [-0.2, 0) is 11.3 Å². The van der Waals surface area contributed by atoms with Crippen molar-refractivity contribution in [2.24, 2.45) is 11.8 Å². The van der Waals surface area contributed by atoms with E-state index in [0.29, 0.717) is 24.4 Å². The van der Waals surface area contributed by atoms with Gasteiger partial charge in [0.05, 0.1) is 11.7 Å². The molecule has 1 aromatic heterocycles. The molecule has 4 nitrogen and oxygen atoms in total. The van der Waals surface area contributed by atoms with E-state index < -0.39 is 11.6 Å². The third-order valence-electron chi connectivity index (χ3n) is 6.80. The van der Waals surface area contributed by atoms with E-state index in [1.54, 1.807) is 18.3 Å². The minimum absolute atomic E-state index is 0.108. The molecule has 2 heterocycles. The number of hydrogen-bond donors (Lipinski definition) is 1. The van der Waals surface area contributed by atoms with Gasteiger partial charge in [-0.05, 0) is 68.8 Å². The van der Waals surface area contributed by atoms with Crippen LogP contribution in [-0.4, -0.2) is 28.9 Å². The Hall–Kier alpha value is -2.34. The van der Waals surface area contributed by atoms with Gasteiger partial charge in [-0.1, -0.05) is 31.0 Å². The topological polar surface area (TPSA) is 45.2 Å². The molecule has 0 spiro atoms. The van der Waals surface area contributed by atoms with Crippen LogP contribution in [0.25, 0.3) is 0 Å². The molecule has 2 aliphatic rings. The predicted octanol–water partition coefficient (Wildman–Crippen LogP) is 5.01. The van der Waals surface area contributed by atoms with E-state index in [4.69, 9.17) is 0 Å². The summed E-state index contributed by atoms with van der Waals surface area (Å²) in [5.74, 6) is -0.655. The van der Waals surface area contributed by atoms with E-state index in [2.05, 4.69) is 15.2 Å². The lowest BCUT2D eigenvalue weighted by Crippen LogP contribution is -2.41. The van der Waals surface area contributed by atoms with Crippen molar-refractivity contribution in [2.75, 3.05) is 13.1 Å². The molecule has 1 amide bonds. The predicted molar refractivity (Wildman–Crippen MR) is 116 cm³/mol. The Kier molecular flexibility index (Phi) is 7.28. The minimum Gasteiger partial charge on any atom is -0.347 e. The van der Waals surface area contributed by atoms with Crippen LogP contribution in [0.2, 0.25) is 0 Å². The van der Waals surface area contributed by atoms with Crippen molar-refractivity contribution in [3.63, 3.8) is 0 Å². The van der Waals surface area contributed by atoms with E-state index in [0.717, 1.165) is 50.5 Å². The molecular formula is C25H31F2N3O. The maximum atomic E-state index is 14.0. The van der Waals surface area contributed by atoms with Crippen molar-refractivity contribution in [1.82, 2.24) is 15.2 Å². The summed E-state index contributed by atoms with van der Waals surface area (Å²) >= 11 is 0. The quantitative estimate of drug-likeness (QED) is 0.676. The van der Waals surface area contributed by atoms with Gasteiger partial charge in [-0.25, -0.2) is 8.78 Å². The van der Waals surface area contributed by atoms with Gasteiger partial charge in [-0.2, -0.15) is 0 Å². The van der Waals surface area contributed by atoms with Crippen LogP contribution in [0.15, 0.2) is 42.6 Å². The summed E-state index contributed by atoms with van der Waals surface area (Å²) in [7, 11) is 0. The Morgan fingerprint density at radius 2 is 1.84 bits per heavy atom. The first-order valence-corrected chi connectivity index (χ1v) is 11.5. The number of carbonyl (C=O) groups is 1. The molecule has 166 valence electrons. The Bertz CT molecular complexity index is 862. The SMILES string of the molecule is O=C(CC1CCCC1)N[C@@H](c1ccccn1)C1CCN(Cc2cccc(F)c2F)CC1. The van der Waals surface area contributed by atoms with Crippen LogP contribution < -0.4 is 5.32 Å². The summed E-state index contributed by atoms with van der Waals surface area (Å²) in [6.07, 6.45) is 8.88. The van der Waals surface area contributed by atoms with E-state index in [1.165, 1.54) is 12.8 Å². The number of carbonyl (C=O) groups excluding carboxylic acids is 1. The molecule has 1 saturated carbocycles. The largest absolute Gasteiger partial charge is 0.347 e. The summed E-state index contributed by atoms with van der Waals surface area (Å²) in [4.78, 5) is 19.5. The Morgan fingerprint density at radius 3 is 2.55 bits per heavy atom. The summed E-state index contributed by atoms with van der Waals surface area (Å²) < 4.78 is 27.6. The van der Waals surface area contributed by atoms with Crippen molar-refractivity contribution in [1.29, 1.82) is 0 Å². The fourth-order valence-electron chi connectivity index (χ4n) is 5.06. The summed E-state index contributed by atoms with van der Waals surface area (Å²) in [5.41, 5.74) is 1.29. The number of benzene rings is 1. The normalized spacial score (nSPS) is 19.4. The van der Waals surface area contributed by atoms with Gasteiger partial charge in [0.15, 0.2) is 11.6 Å². The molecule has 1 saturated heterocycles. The number of rotatable bonds is 7. The third-order valence-corrected chi connectivity index (χ3v) is 6.80. The van der Waals surface area contributed by atoms with E-state index in [9.17, 15) is 13.6 Å². The molecule has 1 aliphatic carbocycles. The number of amides is 1. The van der Waals surface area contributed by atoms with Crippen LogP contribution >= 0.6 is 0 Å². The van der Waals surface area contributed by atoms with Crippen LogP contribution in [0.5, 0.6) is 0 Å². The minimum atomic E-state index is -0.799. The van der Waals surface area contributed by atoms with Gasteiger partial charge in [-0.3, -0.25) is 14.7 Å². The maximum Gasteiger partial charge on any atom is 0.220 e. The van der Waals surface area contributed by atoms with Crippen LogP contribution in [0.3, 0.4) is 0 Å². The molecule has 0 unspecified atom stereocenters.